The fourth-order valence-corrected chi connectivity index (χ4v) is 11.4. The minimum absolute atomic E-state index is 0.388. The molecule has 2 N–H and O–H groups in total. The Hall–Kier alpha value is -0.340. The highest BCUT2D eigenvalue weighted by Gasteiger charge is 2.69. The maximum Gasteiger partial charge on any atom is 0.0105 e. The maximum atomic E-state index is 4.51. The van der Waals surface area contributed by atoms with Crippen molar-refractivity contribution in [1.82, 2.24) is 10.9 Å². The Bertz CT molecular complexity index is 801. The van der Waals surface area contributed by atoms with Crippen LogP contribution >= 0.6 is 0 Å². The molecule has 4 aliphatic carbocycles. The van der Waals surface area contributed by atoms with Gasteiger partial charge in [-0.15, -0.1) is 0 Å². The van der Waals surface area contributed by atoms with E-state index in [1.165, 1.54) is 63.4 Å². The monoisotopic (exact) mass is 484 g/mol. The molecule has 0 saturated heterocycles. The topological polar surface area (TPSA) is 24.1 Å². The molecule has 0 amide bonds. The summed E-state index contributed by atoms with van der Waals surface area (Å²) in [4.78, 5) is 0. The molecule has 4 rings (SSSR count). The van der Waals surface area contributed by atoms with Gasteiger partial charge in [-0.05, 0) is 134 Å². The van der Waals surface area contributed by atoms with Crippen molar-refractivity contribution in [3.63, 3.8) is 0 Å². The summed E-state index contributed by atoms with van der Waals surface area (Å²) in [6.45, 7) is 29.1. The van der Waals surface area contributed by atoms with Crippen LogP contribution < -0.4 is 10.9 Å². The molecule has 4 saturated carbocycles. The van der Waals surface area contributed by atoms with Crippen molar-refractivity contribution >= 4 is 0 Å². The van der Waals surface area contributed by atoms with Gasteiger partial charge in [0.15, 0.2) is 0 Å². The molecule has 202 valence electrons. The average molecular weight is 485 g/mol. The molecule has 2 heteroatoms. The van der Waals surface area contributed by atoms with E-state index in [2.05, 4.69) is 79.7 Å². The normalized spacial score (nSPS) is 49.9. The van der Waals surface area contributed by atoms with Gasteiger partial charge in [-0.1, -0.05) is 67.5 Å². The molecule has 0 aliphatic heterocycles. The maximum absolute atomic E-state index is 4.51. The smallest absolute Gasteiger partial charge is 0.0105 e. The zero-order valence-electron chi connectivity index (χ0n) is 25.2. The lowest BCUT2D eigenvalue weighted by Crippen LogP contribution is -2.66. The summed E-state index contributed by atoms with van der Waals surface area (Å²) in [5, 5.41) is 0. The Morgan fingerprint density at radius 2 is 1.57 bits per heavy atom. The van der Waals surface area contributed by atoms with Crippen LogP contribution in [0.4, 0.5) is 0 Å². The second-order valence-corrected chi connectivity index (χ2v) is 15.7. The van der Waals surface area contributed by atoms with Crippen LogP contribution in [0.25, 0.3) is 0 Å². The molecule has 0 spiro atoms. The highest BCUT2D eigenvalue weighted by molar-refractivity contribution is 5.19. The van der Waals surface area contributed by atoms with Gasteiger partial charge in [-0.3, -0.25) is 10.9 Å². The van der Waals surface area contributed by atoms with E-state index < -0.39 is 0 Å². The molecular formula is C33H60N2. The molecule has 0 radical (unpaired) electrons. The van der Waals surface area contributed by atoms with E-state index >= 15 is 0 Å². The van der Waals surface area contributed by atoms with Crippen LogP contribution in [0.2, 0.25) is 0 Å². The predicted molar refractivity (Wildman–Crippen MR) is 152 cm³/mol. The van der Waals surface area contributed by atoms with Gasteiger partial charge in [0.05, 0.1) is 0 Å². The third-order valence-electron chi connectivity index (χ3n) is 14.3. The number of rotatable bonds is 6. The third kappa shape index (κ3) is 3.93. The second kappa shape index (κ2) is 9.14. The highest BCUT2D eigenvalue weighted by atomic mass is 15.3. The standard InChI is InChI=1S/C33H60N2/c1-22(2)24(4)28-25-12-13-27-31(8)16-14-23(3)29(5,6)26(31)15-17-33(27,10)32(25,9)19-18-30(28,7)20-21-35-34-11/h23-28,34-35H,1,12-21H2,2-11H3. The Kier molecular flexibility index (Phi) is 7.23. The first-order valence-corrected chi connectivity index (χ1v) is 15.2. The SMILES string of the molecule is C=C(C)C(C)C1C2CCC3C4(C)CCC(C)C(C)(C)C4CCC3(C)C2(C)CCC1(C)CCNNC. The molecule has 0 aromatic heterocycles. The van der Waals surface area contributed by atoms with Crippen molar-refractivity contribution in [2.75, 3.05) is 13.6 Å². The molecule has 4 aliphatic rings. The van der Waals surface area contributed by atoms with Crippen molar-refractivity contribution in [2.24, 2.45) is 62.6 Å². The molecule has 0 bridgehead atoms. The zero-order chi connectivity index (χ0) is 26.0. The van der Waals surface area contributed by atoms with Gasteiger partial charge >= 0.3 is 0 Å². The summed E-state index contributed by atoms with van der Waals surface area (Å²) < 4.78 is 0. The number of nitrogens with one attached hydrogen (secondary N) is 2. The van der Waals surface area contributed by atoms with Gasteiger partial charge < -0.3 is 0 Å². The van der Waals surface area contributed by atoms with E-state index in [0.717, 1.165) is 36.1 Å². The molecule has 35 heavy (non-hydrogen) atoms. The summed E-state index contributed by atoms with van der Waals surface area (Å²) in [6.07, 6.45) is 12.7. The van der Waals surface area contributed by atoms with Gasteiger partial charge in [0, 0.05) is 6.54 Å². The van der Waals surface area contributed by atoms with E-state index in [4.69, 9.17) is 0 Å². The van der Waals surface area contributed by atoms with Crippen molar-refractivity contribution in [3.05, 3.63) is 12.2 Å². The quantitative estimate of drug-likeness (QED) is 0.224. The minimum Gasteiger partial charge on any atom is -0.261 e. The summed E-state index contributed by atoms with van der Waals surface area (Å²) >= 11 is 0. The zero-order valence-corrected chi connectivity index (χ0v) is 25.2. The molecule has 0 aromatic rings. The van der Waals surface area contributed by atoms with E-state index in [1.54, 1.807) is 0 Å². The van der Waals surface area contributed by atoms with Crippen LogP contribution in [0, 0.1) is 62.6 Å². The van der Waals surface area contributed by atoms with Crippen molar-refractivity contribution < 1.29 is 0 Å². The third-order valence-corrected chi connectivity index (χ3v) is 14.3. The summed E-state index contributed by atoms with van der Waals surface area (Å²) in [6, 6.07) is 0. The molecule has 2 nitrogen and oxygen atoms in total. The van der Waals surface area contributed by atoms with Crippen molar-refractivity contribution in [2.45, 2.75) is 120 Å². The molecular weight excluding hydrogens is 424 g/mol. The first-order chi connectivity index (χ1) is 16.2. The number of hydrazine groups is 1. The van der Waals surface area contributed by atoms with Gasteiger partial charge in [-0.25, -0.2) is 0 Å². The lowest BCUT2D eigenvalue weighted by atomic mass is 9.31. The summed E-state index contributed by atoms with van der Waals surface area (Å²) in [7, 11) is 2.00. The van der Waals surface area contributed by atoms with E-state index in [0.29, 0.717) is 33.0 Å². The van der Waals surface area contributed by atoms with Gasteiger partial charge in [-0.2, -0.15) is 0 Å². The van der Waals surface area contributed by atoms with Crippen LogP contribution in [0.15, 0.2) is 12.2 Å². The van der Waals surface area contributed by atoms with Gasteiger partial charge in [0.2, 0.25) is 0 Å². The number of hydrogen-bond donors (Lipinski definition) is 2. The Morgan fingerprint density at radius 1 is 0.886 bits per heavy atom. The predicted octanol–water partition coefficient (Wildman–Crippen LogP) is 8.64. The highest BCUT2D eigenvalue weighted by Crippen LogP contribution is 2.76. The summed E-state index contributed by atoms with van der Waals surface area (Å²) in [5.74, 6) is 4.80. The molecule has 0 heterocycles. The fraction of sp³-hybridized carbons (Fsp3) is 0.939. The first-order valence-electron chi connectivity index (χ1n) is 15.2. The lowest BCUT2D eigenvalue weighted by molar-refractivity contribution is -0.244. The Balaban J connectivity index is 1.72. The molecule has 0 aromatic carbocycles. The number of allylic oxidation sites excluding steroid dienone is 1. The van der Waals surface area contributed by atoms with Gasteiger partial charge in [0.25, 0.3) is 0 Å². The van der Waals surface area contributed by atoms with Crippen molar-refractivity contribution in [3.8, 4) is 0 Å². The van der Waals surface area contributed by atoms with E-state index in [9.17, 15) is 0 Å². The molecule has 10 atom stereocenters. The van der Waals surface area contributed by atoms with Crippen molar-refractivity contribution in [1.29, 1.82) is 0 Å². The largest absolute Gasteiger partial charge is 0.261 e. The van der Waals surface area contributed by atoms with Crippen LogP contribution in [0.3, 0.4) is 0 Å². The number of fused-ring (bicyclic) bond motifs is 5. The Morgan fingerprint density at radius 3 is 2.20 bits per heavy atom. The second-order valence-electron chi connectivity index (χ2n) is 15.7. The van der Waals surface area contributed by atoms with E-state index in [1.807, 2.05) is 7.05 Å². The van der Waals surface area contributed by atoms with Crippen LogP contribution in [0.5, 0.6) is 0 Å². The average Bonchev–Trinajstić information content (AvgIpc) is 2.77. The van der Waals surface area contributed by atoms with E-state index in [-0.39, 0.29) is 0 Å². The summed E-state index contributed by atoms with van der Waals surface area (Å²) in [5.41, 5.74) is 10.3. The number of hydrogen-bond acceptors (Lipinski definition) is 2. The van der Waals surface area contributed by atoms with Crippen LogP contribution in [-0.4, -0.2) is 13.6 Å². The first kappa shape index (κ1) is 27.7. The Labute approximate surface area is 219 Å². The van der Waals surface area contributed by atoms with Crippen LogP contribution in [-0.2, 0) is 0 Å². The van der Waals surface area contributed by atoms with Crippen LogP contribution in [0.1, 0.15) is 120 Å². The lowest BCUT2D eigenvalue weighted by Gasteiger charge is -2.73. The molecule has 4 fully saturated rings. The minimum atomic E-state index is 0.388. The molecule has 10 unspecified atom stereocenters. The van der Waals surface area contributed by atoms with Gasteiger partial charge in [0.1, 0.15) is 0 Å². The fourth-order valence-electron chi connectivity index (χ4n) is 11.4.